The molecule has 0 saturated carbocycles. The maximum absolute atomic E-state index is 11.4. The Hall–Kier alpha value is -1.06. The SMILES string of the molecule is NC(=O)c1cc(Cl)c2c(c1)CCCC21CCNCC1. The molecule has 1 saturated heterocycles. The predicted octanol–water partition coefficient (Wildman–Crippen LogP) is 2.40. The number of fused-ring (bicyclic) bond motifs is 2. The Morgan fingerprint density at radius 3 is 2.68 bits per heavy atom. The number of benzene rings is 1. The van der Waals surface area contributed by atoms with Crippen LogP contribution < -0.4 is 11.1 Å². The molecule has 2 aliphatic rings. The van der Waals surface area contributed by atoms with Gasteiger partial charge in [0.25, 0.3) is 0 Å². The monoisotopic (exact) mass is 278 g/mol. The number of halogens is 1. The van der Waals surface area contributed by atoms with Crippen molar-refractivity contribution in [2.75, 3.05) is 13.1 Å². The lowest BCUT2D eigenvalue weighted by molar-refractivity contribution is 0.1000. The van der Waals surface area contributed by atoms with Crippen molar-refractivity contribution in [3.05, 3.63) is 33.8 Å². The fourth-order valence-electron chi connectivity index (χ4n) is 3.74. The number of nitrogens with two attached hydrogens (primary N) is 1. The van der Waals surface area contributed by atoms with Crippen LogP contribution in [0.2, 0.25) is 5.02 Å². The molecule has 3 nitrogen and oxygen atoms in total. The molecule has 1 spiro atoms. The molecule has 1 aromatic carbocycles. The van der Waals surface area contributed by atoms with Crippen LogP contribution in [0.25, 0.3) is 0 Å². The van der Waals surface area contributed by atoms with Gasteiger partial charge in [0.15, 0.2) is 0 Å². The lowest BCUT2D eigenvalue weighted by atomic mass is 9.65. The maximum Gasteiger partial charge on any atom is 0.248 e. The molecule has 3 rings (SSSR count). The number of carbonyl (C=O) groups excluding carboxylic acids is 1. The molecule has 0 radical (unpaired) electrons. The van der Waals surface area contributed by atoms with E-state index in [9.17, 15) is 4.79 Å². The van der Waals surface area contributed by atoms with Crippen molar-refractivity contribution in [2.24, 2.45) is 5.73 Å². The van der Waals surface area contributed by atoms with E-state index < -0.39 is 5.91 Å². The molecular formula is C15H19ClN2O. The van der Waals surface area contributed by atoms with Crippen LogP contribution in [-0.2, 0) is 11.8 Å². The summed E-state index contributed by atoms with van der Waals surface area (Å²) in [4.78, 5) is 11.4. The molecule has 3 N–H and O–H groups in total. The lowest BCUT2D eigenvalue weighted by Gasteiger charge is -2.43. The van der Waals surface area contributed by atoms with Gasteiger partial charge in [-0.15, -0.1) is 0 Å². The zero-order valence-electron chi connectivity index (χ0n) is 11.0. The Balaban J connectivity index is 2.11. The molecule has 0 atom stereocenters. The van der Waals surface area contributed by atoms with Crippen molar-refractivity contribution in [2.45, 2.75) is 37.5 Å². The molecule has 0 bridgehead atoms. The first-order valence-corrected chi connectivity index (χ1v) is 7.34. The second kappa shape index (κ2) is 4.80. The number of primary amides is 1. The number of hydrogen-bond acceptors (Lipinski definition) is 2. The second-order valence-corrected chi connectivity index (χ2v) is 6.15. The van der Waals surface area contributed by atoms with E-state index in [1.165, 1.54) is 24.0 Å². The molecule has 102 valence electrons. The number of aryl methyl sites for hydroxylation is 1. The van der Waals surface area contributed by atoms with Crippen molar-refractivity contribution < 1.29 is 4.79 Å². The molecule has 1 aromatic rings. The van der Waals surface area contributed by atoms with Gasteiger partial charge in [0, 0.05) is 10.6 Å². The lowest BCUT2D eigenvalue weighted by Crippen LogP contribution is -2.42. The maximum atomic E-state index is 11.4. The average Bonchev–Trinajstić information content (AvgIpc) is 2.39. The highest BCUT2D eigenvalue weighted by Gasteiger charge is 2.39. The molecule has 19 heavy (non-hydrogen) atoms. The summed E-state index contributed by atoms with van der Waals surface area (Å²) in [6.07, 6.45) is 5.65. The first-order chi connectivity index (χ1) is 9.12. The van der Waals surface area contributed by atoms with E-state index in [1.54, 1.807) is 6.07 Å². The number of rotatable bonds is 1. The Morgan fingerprint density at radius 2 is 2.00 bits per heavy atom. The van der Waals surface area contributed by atoms with Gasteiger partial charge in [-0.2, -0.15) is 0 Å². The highest BCUT2D eigenvalue weighted by Crippen LogP contribution is 2.47. The van der Waals surface area contributed by atoms with Gasteiger partial charge in [0.05, 0.1) is 0 Å². The van der Waals surface area contributed by atoms with Gasteiger partial charge in [-0.3, -0.25) is 4.79 Å². The smallest absolute Gasteiger partial charge is 0.248 e. The minimum atomic E-state index is -0.394. The van der Waals surface area contributed by atoms with Crippen LogP contribution >= 0.6 is 11.6 Å². The molecule has 1 fully saturated rings. The van der Waals surface area contributed by atoms with Crippen LogP contribution in [0.3, 0.4) is 0 Å². The van der Waals surface area contributed by atoms with Crippen molar-refractivity contribution >= 4 is 17.5 Å². The second-order valence-electron chi connectivity index (χ2n) is 5.74. The van der Waals surface area contributed by atoms with Crippen molar-refractivity contribution in [3.8, 4) is 0 Å². The predicted molar refractivity (Wildman–Crippen MR) is 76.7 cm³/mol. The third kappa shape index (κ3) is 2.15. The molecule has 1 amide bonds. The largest absolute Gasteiger partial charge is 0.366 e. The summed E-state index contributed by atoms with van der Waals surface area (Å²) in [6.45, 7) is 2.10. The fourth-order valence-corrected chi connectivity index (χ4v) is 4.18. The van der Waals surface area contributed by atoms with Crippen LogP contribution in [-0.4, -0.2) is 19.0 Å². The van der Waals surface area contributed by atoms with Gasteiger partial charge >= 0.3 is 0 Å². The van der Waals surface area contributed by atoms with E-state index in [0.717, 1.165) is 37.4 Å². The van der Waals surface area contributed by atoms with Gasteiger partial charge in [0.2, 0.25) is 5.91 Å². The average molecular weight is 279 g/mol. The molecule has 4 heteroatoms. The van der Waals surface area contributed by atoms with Crippen LogP contribution in [0.1, 0.15) is 47.2 Å². The number of nitrogens with one attached hydrogen (secondary N) is 1. The Morgan fingerprint density at radius 1 is 1.26 bits per heavy atom. The highest BCUT2D eigenvalue weighted by atomic mass is 35.5. The highest BCUT2D eigenvalue weighted by molar-refractivity contribution is 6.32. The first kappa shape index (κ1) is 12.9. The van der Waals surface area contributed by atoms with E-state index in [2.05, 4.69) is 5.32 Å². The van der Waals surface area contributed by atoms with Crippen molar-refractivity contribution in [1.82, 2.24) is 5.32 Å². The number of hydrogen-bond donors (Lipinski definition) is 2. The minimum Gasteiger partial charge on any atom is -0.366 e. The molecule has 1 aliphatic carbocycles. The van der Waals surface area contributed by atoms with Crippen LogP contribution in [0, 0.1) is 0 Å². The van der Waals surface area contributed by atoms with Gasteiger partial charge in [-0.25, -0.2) is 0 Å². The van der Waals surface area contributed by atoms with Crippen LogP contribution in [0.5, 0.6) is 0 Å². The van der Waals surface area contributed by atoms with E-state index in [1.807, 2.05) is 6.07 Å². The summed E-state index contributed by atoms with van der Waals surface area (Å²) in [5.74, 6) is -0.394. The van der Waals surface area contributed by atoms with E-state index in [4.69, 9.17) is 17.3 Å². The zero-order valence-corrected chi connectivity index (χ0v) is 11.7. The third-order valence-electron chi connectivity index (χ3n) is 4.65. The summed E-state index contributed by atoms with van der Waals surface area (Å²) < 4.78 is 0. The Kier molecular flexibility index (Phi) is 3.27. The quantitative estimate of drug-likeness (QED) is 0.829. The number of amides is 1. The topological polar surface area (TPSA) is 55.1 Å². The fraction of sp³-hybridized carbons (Fsp3) is 0.533. The van der Waals surface area contributed by atoms with Crippen LogP contribution in [0.4, 0.5) is 0 Å². The Labute approximate surface area is 118 Å². The van der Waals surface area contributed by atoms with Gasteiger partial charge in [0.1, 0.15) is 0 Å². The molecular weight excluding hydrogens is 260 g/mol. The standard InChI is InChI=1S/C15H19ClN2O/c16-12-9-11(14(17)19)8-10-2-1-3-15(13(10)12)4-6-18-7-5-15/h8-9,18H,1-7H2,(H2,17,19). The van der Waals surface area contributed by atoms with Crippen LogP contribution in [0.15, 0.2) is 12.1 Å². The molecule has 1 aliphatic heterocycles. The Bertz CT molecular complexity index is 521. The third-order valence-corrected chi connectivity index (χ3v) is 4.95. The van der Waals surface area contributed by atoms with E-state index in [0.29, 0.717) is 5.56 Å². The first-order valence-electron chi connectivity index (χ1n) is 6.96. The molecule has 1 heterocycles. The summed E-state index contributed by atoms with van der Waals surface area (Å²) >= 11 is 6.49. The normalized spacial score (nSPS) is 21.1. The van der Waals surface area contributed by atoms with Gasteiger partial charge in [-0.05, 0) is 73.9 Å². The molecule has 0 unspecified atom stereocenters. The summed E-state index contributed by atoms with van der Waals surface area (Å²) in [7, 11) is 0. The van der Waals surface area contributed by atoms with Crippen molar-refractivity contribution in [3.63, 3.8) is 0 Å². The summed E-state index contributed by atoms with van der Waals surface area (Å²) in [5.41, 5.74) is 8.64. The van der Waals surface area contributed by atoms with E-state index >= 15 is 0 Å². The number of carbonyl (C=O) groups is 1. The number of piperidine rings is 1. The van der Waals surface area contributed by atoms with Gasteiger partial charge in [-0.1, -0.05) is 11.6 Å². The van der Waals surface area contributed by atoms with Crippen molar-refractivity contribution in [1.29, 1.82) is 0 Å². The zero-order chi connectivity index (χ0) is 13.5. The summed E-state index contributed by atoms with van der Waals surface area (Å²) in [5, 5.41) is 4.15. The molecule has 0 aromatic heterocycles. The minimum absolute atomic E-state index is 0.214. The summed E-state index contributed by atoms with van der Waals surface area (Å²) in [6, 6.07) is 3.70. The van der Waals surface area contributed by atoms with E-state index in [-0.39, 0.29) is 5.41 Å². The van der Waals surface area contributed by atoms with Gasteiger partial charge < -0.3 is 11.1 Å².